The minimum atomic E-state index is -1.06. The molecule has 0 aliphatic carbocycles. The van der Waals surface area contributed by atoms with Crippen LogP contribution in [0.1, 0.15) is 44.6 Å². The van der Waals surface area contributed by atoms with Gasteiger partial charge in [0.15, 0.2) is 0 Å². The monoisotopic (exact) mass is 642 g/mol. The first-order valence-corrected chi connectivity index (χ1v) is 15.8. The summed E-state index contributed by atoms with van der Waals surface area (Å²) >= 11 is 0.616. The molecular weight excluding hydrogens is 609 g/mol. The molecule has 9 heteroatoms. The van der Waals surface area contributed by atoms with Crippen LogP contribution >= 0.6 is 11.9 Å². The van der Waals surface area contributed by atoms with Crippen molar-refractivity contribution in [2.75, 3.05) is 12.4 Å². The third kappa shape index (κ3) is 8.96. The predicted octanol–water partition coefficient (Wildman–Crippen LogP) is 6.94. The van der Waals surface area contributed by atoms with Crippen molar-refractivity contribution < 1.29 is 19.2 Å². The van der Waals surface area contributed by atoms with Gasteiger partial charge in [-0.2, -0.15) is 0 Å². The van der Waals surface area contributed by atoms with Gasteiger partial charge in [-0.25, -0.2) is 0 Å². The van der Waals surface area contributed by atoms with E-state index in [0.717, 1.165) is 16.7 Å². The number of carbonyl (C=O) groups is 4. The lowest BCUT2D eigenvalue weighted by atomic mass is 9.90. The molecule has 0 fully saturated rings. The van der Waals surface area contributed by atoms with Crippen LogP contribution < -0.4 is 15.4 Å². The third-order valence-electron chi connectivity index (χ3n) is 7.44. The molecule has 8 nitrogen and oxygen atoms in total. The van der Waals surface area contributed by atoms with E-state index in [1.165, 1.54) is 0 Å². The number of carbonyl (C=O) groups excluding carboxylic acids is 4. The standard InChI is InChI=1S/C38H34N4O4S/c1-42(26-27-15-6-2-7-16-27)37(45)34(40-36(44)33(28-17-8-3-9-18-28)29-19-10-4-11-20-29)31-23-14-24-32(25-31)39-38(46)47-41-35(43)30-21-12-5-13-22-30/h2-25,33-34H,26H2,1H3,(H,39,46)(H,40,44)(H,41,43). The predicted molar refractivity (Wildman–Crippen MR) is 185 cm³/mol. The highest BCUT2D eigenvalue weighted by Crippen LogP contribution is 2.28. The minimum Gasteiger partial charge on any atom is -0.340 e. The first kappa shape index (κ1) is 32.7. The Morgan fingerprint density at radius 2 is 1.19 bits per heavy atom. The average molecular weight is 643 g/mol. The molecule has 1 atom stereocenters. The summed E-state index contributed by atoms with van der Waals surface area (Å²) in [6, 6.07) is 42.7. The smallest absolute Gasteiger partial charge is 0.304 e. The summed E-state index contributed by atoms with van der Waals surface area (Å²) < 4.78 is 2.53. The summed E-state index contributed by atoms with van der Waals surface area (Å²) in [5.41, 5.74) is 3.83. The lowest BCUT2D eigenvalue weighted by Gasteiger charge is -2.27. The number of hydrogen-bond donors (Lipinski definition) is 3. The van der Waals surface area contributed by atoms with Gasteiger partial charge in [0, 0.05) is 24.8 Å². The number of amides is 4. The highest BCUT2D eigenvalue weighted by molar-refractivity contribution is 8.12. The molecule has 4 amide bonds. The van der Waals surface area contributed by atoms with Gasteiger partial charge < -0.3 is 15.5 Å². The van der Waals surface area contributed by atoms with Crippen LogP contribution in [0.4, 0.5) is 10.5 Å². The van der Waals surface area contributed by atoms with E-state index in [4.69, 9.17) is 0 Å². The molecule has 0 heterocycles. The molecule has 5 rings (SSSR count). The molecule has 0 saturated carbocycles. The number of likely N-dealkylation sites (N-methyl/N-ethyl adjacent to an activating group) is 1. The first-order valence-electron chi connectivity index (χ1n) is 15.0. The lowest BCUT2D eigenvalue weighted by Crippen LogP contribution is -2.43. The normalized spacial score (nSPS) is 11.3. The van der Waals surface area contributed by atoms with E-state index < -0.39 is 23.1 Å². The van der Waals surface area contributed by atoms with Crippen LogP contribution in [0.15, 0.2) is 146 Å². The number of nitrogens with one attached hydrogen (secondary N) is 3. The molecule has 0 aromatic heterocycles. The topological polar surface area (TPSA) is 108 Å². The molecule has 0 aliphatic heterocycles. The van der Waals surface area contributed by atoms with E-state index in [1.807, 2.05) is 91.0 Å². The van der Waals surface area contributed by atoms with E-state index in [0.29, 0.717) is 35.3 Å². The molecule has 5 aromatic rings. The molecule has 0 radical (unpaired) electrons. The van der Waals surface area contributed by atoms with Crippen molar-refractivity contribution in [1.82, 2.24) is 14.9 Å². The molecule has 47 heavy (non-hydrogen) atoms. The fraction of sp³-hybridized carbons (Fsp3) is 0.105. The molecule has 5 aromatic carbocycles. The number of hydrogen-bond acceptors (Lipinski definition) is 5. The molecule has 0 bridgehead atoms. The van der Waals surface area contributed by atoms with Crippen LogP contribution in [-0.2, 0) is 16.1 Å². The van der Waals surface area contributed by atoms with Crippen LogP contribution in [-0.4, -0.2) is 34.9 Å². The summed E-state index contributed by atoms with van der Waals surface area (Å²) in [5.74, 6) is -1.74. The fourth-order valence-corrected chi connectivity index (χ4v) is 5.61. The molecule has 0 spiro atoms. The highest BCUT2D eigenvalue weighted by atomic mass is 32.2. The summed E-state index contributed by atoms with van der Waals surface area (Å²) in [7, 11) is 1.69. The van der Waals surface area contributed by atoms with Gasteiger partial charge in [-0.1, -0.05) is 121 Å². The quantitative estimate of drug-likeness (QED) is 0.143. The van der Waals surface area contributed by atoms with Crippen molar-refractivity contribution in [2.24, 2.45) is 0 Å². The number of nitrogens with zero attached hydrogens (tertiary/aromatic N) is 1. The van der Waals surface area contributed by atoms with E-state index in [-0.39, 0.29) is 11.8 Å². The first-order chi connectivity index (χ1) is 22.9. The third-order valence-corrected chi connectivity index (χ3v) is 8.01. The second-order valence-electron chi connectivity index (χ2n) is 10.8. The van der Waals surface area contributed by atoms with Crippen molar-refractivity contribution in [1.29, 1.82) is 0 Å². The second-order valence-corrected chi connectivity index (χ2v) is 11.6. The van der Waals surface area contributed by atoms with Crippen LogP contribution in [0.3, 0.4) is 0 Å². The fourth-order valence-electron chi connectivity index (χ4n) is 5.14. The average Bonchev–Trinajstić information content (AvgIpc) is 3.11. The Hall–Kier alpha value is -5.67. The number of benzene rings is 5. The van der Waals surface area contributed by atoms with Gasteiger partial charge in [-0.3, -0.25) is 23.9 Å². The van der Waals surface area contributed by atoms with E-state index in [2.05, 4.69) is 15.4 Å². The zero-order valence-corrected chi connectivity index (χ0v) is 26.5. The maximum atomic E-state index is 14.1. The van der Waals surface area contributed by atoms with Crippen molar-refractivity contribution in [3.63, 3.8) is 0 Å². The van der Waals surface area contributed by atoms with Gasteiger partial charge in [0.1, 0.15) is 6.04 Å². The maximum absolute atomic E-state index is 14.1. The van der Waals surface area contributed by atoms with E-state index in [1.54, 1.807) is 66.5 Å². The van der Waals surface area contributed by atoms with Crippen LogP contribution in [0.2, 0.25) is 0 Å². The maximum Gasteiger partial charge on any atom is 0.304 e. The van der Waals surface area contributed by atoms with Crippen molar-refractivity contribution in [3.05, 3.63) is 173 Å². The van der Waals surface area contributed by atoms with Crippen molar-refractivity contribution in [2.45, 2.75) is 18.5 Å². The number of rotatable bonds is 10. The zero-order valence-electron chi connectivity index (χ0n) is 25.7. The van der Waals surface area contributed by atoms with E-state index in [9.17, 15) is 19.2 Å². The Bertz CT molecular complexity index is 1770. The highest BCUT2D eigenvalue weighted by Gasteiger charge is 2.31. The van der Waals surface area contributed by atoms with Crippen LogP contribution in [0.5, 0.6) is 0 Å². The number of anilines is 1. The summed E-state index contributed by atoms with van der Waals surface area (Å²) in [5, 5.41) is 5.26. The SMILES string of the molecule is CN(Cc1ccccc1)C(=O)C(NC(=O)C(c1ccccc1)c1ccccc1)c1cccc(NC(=O)SNC(=O)c2ccccc2)c1. The molecule has 236 valence electrons. The zero-order chi connectivity index (χ0) is 33.0. The van der Waals surface area contributed by atoms with Gasteiger partial charge in [-0.15, -0.1) is 0 Å². The van der Waals surface area contributed by atoms with Crippen molar-refractivity contribution in [3.8, 4) is 0 Å². The molecule has 0 saturated heterocycles. The molecule has 3 N–H and O–H groups in total. The molecular formula is C38H34N4O4S. The summed E-state index contributed by atoms with van der Waals surface area (Å²) in [6.07, 6.45) is 0. The Balaban J connectivity index is 1.39. The largest absolute Gasteiger partial charge is 0.340 e. The Labute approximate surface area is 278 Å². The van der Waals surface area contributed by atoms with Gasteiger partial charge in [0.25, 0.3) is 5.91 Å². The van der Waals surface area contributed by atoms with E-state index >= 15 is 0 Å². The van der Waals surface area contributed by atoms with Gasteiger partial charge in [0.2, 0.25) is 11.8 Å². The Morgan fingerprint density at radius 3 is 1.79 bits per heavy atom. The summed E-state index contributed by atoms with van der Waals surface area (Å²) in [4.78, 5) is 54.9. The van der Waals surface area contributed by atoms with Crippen LogP contribution in [0.25, 0.3) is 0 Å². The van der Waals surface area contributed by atoms with Gasteiger partial charge >= 0.3 is 5.24 Å². The second kappa shape index (κ2) is 16.1. The van der Waals surface area contributed by atoms with Gasteiger partial charge in [0.05, 0.1) is 17.9 Å². The lowest BCUT2D eigenvalue weighted by molar-refractivity contribution is -0.136. The Morgan fingerprint density at radius 1 is 0.660 bits per heavy atom. The van der Waals surface area contributed by atoms with Gasteiger partial charge in [-0.05, 0) is 46.5 Å². The van der Waals surface area contributed by atoms with Crippen LogP contribution in [0, 0.1) is 0 Å². The molecule has 1 unspecified atom stereocenters. The Kier molecular flexibility index (Phi) is 11.2. The van der Waals surface area contributed by atoms with Crippen molar-refractivity contribution >= 4 is 40.6 Å². The molecule has 0 aliphatic rings. The minimum absolute atomic E-state index is 0.324. The summed E-state index contributed by atoms with van der Waals surface area (Å²) in [6.45, 7) is 0.334.